The summed E-state index contributed by atoms with van der Waals surface area (Å²) >= 11 is 0. The summed E-state index contributed by atoms with van der Waals surface area (Å²) in [5.41, 5.74) is 0.452. The molecule has 30 heavy (non-hydrogen) atoms. The van der Waals surface area contributed by atoms with E-state index in [1.54, 1.807) is 18.2 Å². The van der Waals surface area contributed by atoms with Crippen LogP contribution in [0.5, 0.6) is 0 Å². The summed E-state index contributed by atoms with van der Waals surface area (Å²) in [5.74, 6) is -0.339. The first-order valence-corrected chi connectivity index (χ1v) is 12.8. The molecule has 4 rings (SSSR count). The Morgan fingerprint density at radius 1 is 0.667 bits per heavy atom. The van der Waals surface area contributed by atoms with Gasteiger partial charge in [0.1, 0.15) is 5.82 Å². The van der Waals surface area contributed by atoms with Crippen molar-refractivity contribution in [3.63, 3.8) is 0 Å². The molecule has 2 aromatic carbocycles. The summed E-state index contributed by atoms with van der Waals surface area (Å²) in [6, 6.07) is 12.0. The topological polar surface area (TPSA) is 78.0 Å². The van der Waals surface area contributed by atoms with E-state index in [1.807, 2.05) is 4.90 Å². The van der Waals surface area contributed by atoms with E-state index in [1.165, 1.54) is 38.9 Å². The van der Waals surface area contributed by atoms with Crippen molar-refractivity contribution in [2.45, 2.75) is 22.6 Å². The van der Waals surface area contributed by atoms with Crippen molar-refractivity contribution in [1.82, 2.24) is 8.61 Å². The van der Waals surface area contributed by atoms with Gasteiger partial charge in [-0.25, -0.2) is 21.2 Å². The lowest BCUT2D eigenvalue weighted by molar-refractivity contribution is 0.383. The SMILES string of the molecule is O=S(=O)(c1cccc(S(=O)(=O)N2CCN(c3ccccc3F)CC2)c1)N1CCCC1. The first-order chi connectivity index (χ1) is 14.3. The molecule has 0 atom stereocenters. The number of rotatable bonds is 5. The van der Waals surface area contributed by atoms with Gasteiger partial charge in [-0.1, -0.05) is 18.2 Å². The lowest BCUT2D eigenvalue weighted by Gasteiger charge is -2.35. The minimum Gasteiger partial charge on any atom is -0.367 e. The summed E-state index contributed by atoms with van der Waals surface area (Å²) in [4.78, 5) is 1.77. The molecule has 10 heteroatoms. The summed E-state index contributed by atoms with van der Waals surface area (Å²) in [7, 11) is -7.56. The second kappa shape index (κ2) is 8.26. The molecule has 0 spiro atoms. The zero-order valence-corrected chi connectivity index (χ0v) is 18.1. The maximum absolute atomic E-state index is 14.0. The summed E-state index contributed by atoms with van der Waals surface area (Å²) in [6.07, 6.45) is 1.62. The van der Waals surface area contributed by atoms with E-state index in [0.29, 0.717) is 31.9 Å². The van der Waals surface area contributed by atoms with Crippen LogP contribution in [-0.4, -0.2) is 64.7 Å². The molecule has 2 aliphatic heterocycles. The van der Waals surface area contributed by atoms with Crippen LogP contribution >= 0.6 is 0 Å². The first kappa shape index (κ1) is 21.2. The Bertz CT molecular complexity index is 1120. The van der Waals surface area contributed by atoms with Gasteiger partial charge in [0, 0.05) is 39.3 Å². The van der Waals surface area contributed by atoms with Crippen molar-refractivity contribution < 1.29 is 21.2 Å². The van der Waals surface area contributed by atoms with Gasteiger partial charge in [0.05, 0.1) is 15.5 Å². The van der Waals surface area contributed by atoms with Crippen LogP contribution in [-0.2, 0) is 20.0 Å². The number of anilines is 1. The highest BCUT2D eigenvalue weighted by Crippen LogP contribution is 2.26. The monoisotopic (exact) mass is 453 g/mol. The Labute approximate surface area is 176 Å². The third-order valence-electron chi connectivity index (χ3n) is 5.58. The van der Waals surface area contributed by atoms with Crippen LogP contribution in [0.3, 0.4) is 0 Å². The number of halogens is 1. The number of para-hydroxylation sites is 1. The van der Waals surface area contributed by atoms with Crippen molar-refractivity contribution in [2.24, 2.45) is 0 Å². The molecule has 0 radical (unpaired) electrons. The van der Waals surface area contributed by atoms with Gasteiger partial charge in [0.2, 0.25) is 20.0 Å². The Hall–Kier alpha value is -2.01. The Morgan fingerprint density at radius 3 is 1.77 bits per heavy atom. The van der Waals surface area contributed by atoms with Crippen molar-refractivity contribution in [1.29, 1.82) is 0 Å². The van der Waals surface area contributed by atoms with Gasteiger partial charge in [0.25, 0.3) is 0 Å². The highest BCUT2D eigenvalue weighted by molar-refractivity contribution is 7.90. The average Bonchev–Trinajstić information content (AvgIpc) is 3.30. The molecule has 0 bridgehead atoms. The van der Waals surface area contributed by atoms with Crippen LogP contribution in [0, 0.1) is 5.82 Å². The fourth-order valence-corrected chi connectivity index (χ4v) is 7.01. The molecular weight excluding hydrogens is 429 g/mol. The molecule has 0 N–H and O–H groups in total. The number of nitrogens with zero attached hydrogens (tertiary/aromatic N) is 3. The Kier molecular flexibility index (Phi) is 5.84. The van der Waals surface area contributed by atoms with E-state index in [-0.39, 0.29) is 28.7 Å². The molecule has 0 amide bonds. The number of hydrogen-bond donors (Lipinski definition) is 0. The number of hydrogen-bond acceptors (Lipinski definition) is 5. The molecule has 0 aliphatic carbocycles. The quantitative estimate of drug-likeness (QED) is 0.693. The van der Waals surface area contributed by atoms with Crippen molar-refractivity contribution in [3.05, 3.63) is 54.3 Å². The van der Waals surface area contributed by atoms with Gasteiger partial charge in [-0.2, -0.15) is 8.61 Å². The maximum Gasteiger partial charge on any atom is 0.243 e. The smallest absolute Gasteiger partial charge is 0.243 e. The highest BCUT2D eigenvalue weighted by atomic mass is 32.2. The van der Waals surface area contributed by atoms with Crippen LogP contribution in [0.1, 0.15) is 12.8 Å². The van der Waals surface area contributed by atoms with Crippen molar-refractivity contribution >= 4 is 25.7 Å². The molecule has 2 heterocycles. The van der Waals surface area contributed by atoms with Gasteiger partial charge in [-0.05, 0) is 43.2 Å². The summed E-state index contributed by atoms with van der Waals surface area (Å²) in [5, 5.41) is 0. The van der Waals surface area contributed by atoms with E-state index < -0.39 is 20.0 Å². The maximum atomic E-state index is 14.0. The first-order valence-electron chi connectivity index (χ1n) is 9.90. The fourth-order valence-electron chi connectivity index (χ4n) is 3.90. The minimum atomic E-state index is -3.85. The molecule has 2 aromatic rings. The van der Waals surface area contributed by atoms with Gasteiger partial charge in [-0.3, -0.25) is 0 Å². The van der Waals surface area contributed by atoms with Gasteiger partial charge in [0.15, 0.2) is 0 Å². The highest BCUT2D eigenvalue weighted by Gasteiger charge is 2.32. The van der Waals surface area contributed by atoms with Crippen LogP contribution in [0.4, 0.5) is 10.1 Å². The fraction of sp³-hybridized carbons (Fsp3) is 0.400. The van der Waals surface area contributed by atoms with Gasteiger partial charge >= 0.3 is 0 Å². The zero-order valence-electron chi connectivity index (χ0n) is 16.4. The molecule has 0 aromatic heterocycles. The van der Waals surface area contributed by atoms with E-state index >= 15 is 0 Å². The van der Waals surface area contributed by atoms with Gasteiger partial charge in [-0.15, -0.1) is 0 Å². The van der Waals surface area contributed by atoms with Crippen LogP contribution in [0.2, 0.25) is 0 Å². The molecule has 2 fully saturated rings. The lowest BCUT2D eigenvalue weighted by Crippen LogP contribution is -2.48. The Balaban J connectivity index is 1.53. The normalized spacial score (nSPS) is 19.3. The molecule has 2 saturated heterocycles. The third-order valence-corrected chi connectivity index (χ3v) is 9.37. The van der Waals surface area contributed by atoms with E-state index in [9.17, 15) is 21.2 Å². The number of sulfonamides is 2. The van der Waals surface area contributed by atoms with Crippen LogP contribution < -0.4 is 4.90 Å². The average molecular weight is 454 g/mol. The Morgan fingerprint density at radius 2 is 1.20 bits per heavy atom. The zero-order chi connectivity index (χ0) is 21.4. The molecular formula is C20H24FN3O4S2. The van der Waals surface area contributed by atoms with E-state index in [2.05, 4.69) is 0 Å². The predicted molar refractivity (Wildman–Crippen MR) is 112 cm³/mol. The van der Waals surface area contributed by atoms with E-state index in [4.69, 9.17) is 0 Å². The lowest BCUT2D eigenvalue weighted by atomic mass is 10.2. The molecule has 162 valence electrons. The molecule has 2 aliphatic rings. The third kappa shape index (κ3) is 3.96. The molecule has 0 saturated carbocycles. The van der Waals surface area contributed by atoms with Gasteiger partial charge < -0.3 is 4.90 Å². The number of piperazine rings is 1. The molecule has 7 nitrogen and oxygen atoms in total. The van der Waals surface area contributed by atoms with Crippen molar-refractivity contribution in [2.75, 3.05) is 44.2 Å². The number of benzene rings is 2. The van der Waals surface area contributed by atoms with Crippen LogP contribution in [0.25, 0.3) is 0 Å². The van der Waals surface area contributed by atoms with Crippen LogP contribution in [0.15, 0.2) is 58.3 Å². The second-order valence-corrected chi connectivity index (χ2v) is 11.3. The van der Waals surface area contributed by atoms with Crippen molar-refractivity contribution in [3.8, 4) is 0 Å². The second-order valence-electron chi connectivity index (χ2n) is 7.43. The van der Waals surface area contributed by atoms with E-state index in [0.717, 1.165) is 12.8 Å². The summed E-state index contributed by atoms with van der Waals surface area (Å²) < 4.78 is 68.6. The predicted octanol–water partition coefficient (Wildman–Crippen LogP) is 2.12. The standard InChI is InChI=1S/C20H24FN3O4S2/c21-19-8-1-2-9-20(19)22-12-14-24(15-13-22)30(27,28)18-7-5-6-17(16-18)29(25,26)23-10-3-4-11-23/h1-2,5-9,16H,3-4,10-15H2. The molecule has 0 unspecified atom stereocenters. The largest absolute Gasteiger partial charge is 0.367 e. The summed E-state index contributed by atoms with van der Waals surface area (Å²) in [6.45, 7) is 2.01. The minimum absolute atomic E-state index is 0.00420.